The number of benzene rings is 2. The Morgan fingerprint density at radius 1 is 1.00 bits per heavy atom. The van der Waals surface area contributed by atoms with Crippen LogP contribution in [0.15, 0.2) is 59.1 Å². The summed E-state index contributed by atoms with van der Waals surface area (Å²) in [6.45, 7) is 1.52. The van der Waals surface area contributed by atoms with E-state index < -0.39 is 53.7 Å². The molecule has 2 aromatic carbocycles. The lowest BCUT2D eigenvalue weighted by molar-refractivity contribution is -0.143. The van der Waals surface area contributed by atoms with E-state index in [-0.39, 0.29) is 23.5 Å². The lowest BCUT2D eigenvalue weighted by Gasteiger charge is -2.23. The summed E-state index contributed by atoms with van der Waals surface area (Å²) >= 11 is 0. The van der Waals surface area contributed by atoms with E-state index in [0.29, 0.717) is 43.5 Å². The van der Waals surface area contributed by atoms with Gasteiger partial charge in [0, 0.05) is 31.0 Å². The molecule has 1 unspecified atom stereocenters. The molecule has 1 aliphatic heterocycles. The fourth-order valence-electron chi connectivity index (χ4n) is 4.50. The van der Waals surface area contributed by atoms with Gasteiger partial charge in [-0.25, -0.2) is 4.39 Å². The van der Waals surface area contributed by atoms with Crippen molar-refractivity contribution >= 4 is 11.6 Å². The number of nitrogens with zero attached hydrogens (tertiary/aromatic N) is 5. The van der Waals surface area contributed by atoms with E-state index in [2.05, 4.69) is 15.3 Å². The van der Waals surface area contributed by atoms with Crippen LogP contribution in [0, 0.1) is 11.7 Å². The summed E-state index contributed by atoms with van der Waals surface area (Å²) < 4.78 is 107. The van der Waals surface area contributed by atoms with Gasteiger partial charge in [0.2, 0.25) is 11.8 Å². The molecule has 0 radical (unpaired) electrons. The second-order valence-electron chi connectivity index (χ2n) is 9.65. The molecule has 1 amide bonds. The minimum Gasteiger partial charge on any atom is -0.417 e. The maximum Gasteiger partial charge on any atom is 0.416 e. The maximum atomic E-state index is 13.7. The lowest BCUT2D eigenvalue weighted by atomic mass is 10.00. The van der Waals surface area contributed by atoms with Gasteiger partial charge in [0.25, 0.3) is 5.89 Å². The SMILES string of the molecule is O=C(Cc1ccc(C(F)(F)F)cc1C(F)(F)F)N(Cc1nnc(-c2ccn(CC3CCOC3)n2)o1)c1ccc(F)cc1. The van der Waals surface area contributed by atoms with Crippen LogP contribution in [0.3, 0.4) is 0 Å². The molecule has 0 aliphatic carbocycles. The Morgan fingerprint density at radius 3 is 2.43 bits per heavy atom. The number of carbonyl (C=O) groups is 1. The Morgan fingerprint density at radius 2 is 1.76 bits per heavy atom. The van der Waals surface area contributed by atoms with Crippen molar-refractivity contribution in [2.75, 3.05) is 18.1 Å². The zero-order chi connectivity index (χ0) is 30.1. The van der Waals surface area contributed by atoms with Gasteiger partial charge in [-0.2, -0.15) is 31.4 Å². The number of hydrogen-bond acceptors (Lipinski definition) is 6. The lowest BCUT2D eigenvalue weighted by Crippen LogP contribution is -2.32. The molecule has 1 fully saturated rings. The molecule has 0 bridgehead atoms. The molecule has 3 heterocycles. The first-order chi connectivity index (χ1) is 19.9. The van der Waals surface area contributed by atoms with E-state index in [4.69, 9.17) is 9.15 Å². The normalized spacial score (nSPS) is 15.7. The van der Waals surface area contributed by atoms with Crippen LogP contribution < -0.4 is 4.90 Å². The van der Waals surface area contributed by atoms with Gasteiger partial charge in [0.05, 0.1) is 24.2 Å². The molecule has 1 saturated heterocycles. The third kappa shape index (κ3) is 6.78. The number of hydrogen-bond donors (Lipinski definition) is 0. The number of aromatic nitrogens is 4. The van der Waals surface area contributed by atoms with Crippen LogP contribution in [0.25, 0.3) is 11.6 Å². The number of carbonyl (C=O) groups excluding carboxylic acids is 1. The van der Waals surface area contributed by atoms with Gasteiger partial charge in [-0.3, -0.25) is 9.48 Å². The molecule has 0 N–H and O–H groups in total. The molecular formula is C27H22F7N5O3. The van der Waals surface area contributed by atoms with Gasteiger partial charge in [0.1, 0.15) is 18.1 Å². The first-order valence-electron chi connectivity index (χ1n) is 12.6. The van der Waals surface area contributed by atoms with Crippen molar-refractivity contribution in [3.8, 4) is 11.6 Å². The summed E-state index contributed by atoms with van der Waals surface area (Å²) in [5.41, 5.74) is -3.32. The minimum absolute atomic E-state index is 0.0278. The molecule has 2 aromatic heterocycles. The van der Waals surface area contributed by atoms with Crippen molar-refractivity contribution < 1.29 is 44.7 Å². The van der Waals surface area contributed by atoms with Gasteiger partial charge in [-0.1, -0.05) is 6.07 Å². The van der Waals surface area contributed by atoms with Gasteiger partial charge in [0.15, 0.2) is 0 Å². The van der Waals surface area contributed by atoms with Crippen LogP contribution >= 0.6 is 0 Å². The van der Waals surface area contributed by atoms with E-state index in [1.165, 1.54) is 12.1 Å². The third-order valence-corrected chi connectivity index (χ3v) is 6.61. The Kier molecular flexibility index (Phi) is 8.03. The minimum atomic E-state index is -5.16. The van der Waals surface area contributed by atoms with Crippen LogP contribution in [0.4, 0.5) is 36.4 Å². The quantitative estimate of drug-likeness (QED) is 0.235. The molecule has 1 atom stereocenters. The average Bonchev–Trinajstić information content (AvgIpc) is 3.70. The highest BCUT2D eigenvalue weighted by atomic mass is 19.4. The highest BCUT2D eigenvalue weighted by Gasteiger charge is 2.38. The van der Waals surface area contributed by atoms with Gasteiger partial charge in [-0.15, -0.1) is 10.2 Å². The number of amides is 1. The van der Waals surface area contributed by atoms with Crippen molar-refractivity contribution in [2.45, 2.75) is 38.3 Å². The van der Waals surface area contributed by atoms with Crippen LogP contribution in [-0.4, -0.2) is 39.1 Å². The number of anilines is 1. The summed E-state index contributed by atoms with van der Waals surface area (Å²) in [4.78, 5) is 14.3. The highest BCUT2D eigenvalue weighted by molar-refractivity contribution is 5.94. The molecule has 15 heteroatoms. The van der Waals surface area contributed by atoms with Crippen LogP contribution in [0.5, 0.6) is 0 Å². The number of ether oxygens (including phenoxy) is 1. The first kappa shape index (κ1) is 29.2. The fraction of sp³-hybridized carbons (Fsp3) is 0.333. The second-order valence-corrected chi connectivity index (χ2v) is 9.65. The molecule has 1 aliphatic rings. The molecule has 42 heavy (non-hydrogen) atoms. The monoisotopic (exact) mass is 597 g/mol. The van der Waals surface area contributed by atoms with Crippen LogP contribution in [0.2, 0.25) is 0 Å². The predicted octanol–water partition coefficient (Wildman–Crippen LogP) is 5.92. The highest BCUT2D eigenvalue weighted by Crippen LogP contribution is 2.38. The molecule has 8 nitrogen and oxygen atoms in total. The molecule has 0 saturated carbocycles. The largest absolute Gasteiger partial charge is 0.417 e. The Bertz CT molecular complexity index is 1540. The van der Waals surface area contributed by atoms with E-state index >= 15 is 0 Å². The molecule has 222 valence electrons. The summed E-state index contributed by atoms with van der Waals surface area (Å²) in [5.74, 6) is -1.33. The Labute approximate surface area is 233 Å². The summed E-state index contributed by atoms with van der Waals surface area (Å²) in [7, 11) is 0. The molecular weight excluding hydrogens is 575 g/mol. The van der Waals surface area contributed by atoms with E-state index in [0.717, 1.165) is 23.5 Å². The molecule has 4 aromatic rings. The van der Waals surface area contributed by atoms with E-state index in [9.17, 15) is 35.5 Å². The zero-order valence-electron chi connectivity index (χ0n) is 21.6. The Hall–Kier alpha value is -4.27. The maximum absolute atomic E-state index is 13.7. The topological polar surface area (TPSA) is 86.3 Å². The van der Waals surface area contributed by atoms with Crippen molar-refractivity contribution in [3.05, 3.63) is 83.1 Å². The smallest absolute Gasteiger partial charge is 0.416 e. The molecule has 5 rings (SSSR count). The van der Waals surface area contributed by atoms with Gasteiger partial charge in [-0.05, 0) is 54.4 Å². The Balaban J connectivity index is 1.39. The van der Waals surface area contributed by atoms with Crippen LogP contribution in [0.1, 0.15) is 29.0 Å². The zero-order valence-corrected chi connectivity index (χ0v) is 21.6. The number of halogens is 7. The number of rotatable bonds is 8. The van der Waals surface area contributed by atoms with E-state index in [1.807, 2.05) is 0 Å². The van der Waals surface area contributed by atoms with Crippen molar-refractivity contribution in [3.63, 3.8) is 0 Å². The summed E-state index contributed by atoms with van der Waals surface area (Å²) in [5, 5.41) is 12.3. The van der Waals surface area contributed by atoms with Gasteiger partial charge < -0.3 is 14.1 Å². The third-order valence-electron chi connectivity index (χ3n) is 6.61. The van der Waals surface area contributed by atoms with Crippen molar-refractivity contribution in [1.82, 2.24) is 20.0 Å². The van der Waals surface area contributed by atoms with E-state index in [1.54, 1.807) is 16.9 Å². The first-order valence-corrected chi connectivity index (χ1v) is 12.6. The second kappa shape index (κ2) is 11.5. The fourth-order valence-corrected chi connectivity index (χ4v) is 4.50. The van der Waals surface area contributed by atoms with Crippen molar-refractivity contribution in [2.24, 2.45) is 5.92 Å². The van der Waals surface area contributed by atoms with Crippen molar-refractivity contribution in [1.29, 1.82) is 0 Å². The number of alkyl halides is 6. The standard InChI is InChI=1S/C27H22F7N5O3/c28-19-3-5-20(6-4-19)39(24(40)11-17-1-2-18(26(29,30)31)12-21(17)27(32,33)34)14-23-35-36-25(42-23)22-7-9-38(37-22)13-16-8-10-41-15-16/h1-7,9,12,16H,8,10-11,13-15H2. The molecule has 0 spiro atoms. The predicted molar refractivity (Wildman–Crippen MR) is 132 cm³/mol. The summed E-state index contributed by atoms with van der Waals surface area (Å²) in [6.07, 6.45) is -8.45. The average molecular weight is 597 g/mol. The van der Waals surface area contributed by atoms with Crippen LogP contribution in [-0.2, 0) is 41.4 Å². The van der Waals surface area contributed by atoms with Gasteiger partial charge >= 0.3 is 12.4 Å². The summed E-state index contributed by atoms with van der Waals surface area (Å²) in [6, 6.07) is 7.22.